The van der Waals surface area contributed by atoms with E-state index in [1.54, 1.807) is 0 Å². The topological polar surface area (TPSA) is 57.6 Å². The molecule has 4 nitrogen and oxygen atoms in total. The highest BCUT2D eigenvalue weighted by Gasteiger charge is 2.27. The van der Waals surface area contributed by atoms with Crippen LogP contribution in [0.1, 0.15) is 50.5 Å². The first kappa shape index (κ1) is 17.7. The number of likely N-dealkylation sites (tertiary alicyclic amines) is 1. The van der Waals surface area contributed by atoms with E-state index in [1.807, 2.05) is 35.2 Å². The molecule has 1 aliphatic rings. The van der Waals surface area contributed by atoms with E-state index in [9.17, 15) is 9.59 Å². The zero-order valence-electron chi connectivity index (χ0n) is 13.7. The molecule has 1 heterocycles. The van der Waals surface area contributed by atoms with Gasteiger partial charge in [0.15, 0.2) is 0 Å². The SMILES string of the molecule is O=C(CC[C@H]1CCCC(=O)N1CCCCO)Cc1ccccc1. The van der Waals surface area contributed by atoms with E-state index in [-0.39, 0.29) is 24.3 Å². The van der Waals surface area contributed by atoms with Crippen LogP contribution in [0.15, 0.2) is 30.3 Å². The van der Waals surface area contributed by atoms with E-state index >= 15 is 0 Å². The Morgan fingerprint density at radius 3 is 2.74 bits per heavy atom. The summed E-state index contributed by atoms with van der Waals surface area (Å²) in [5.74, 6) is 0.444. The van der Waals surface area contributed by atoms with Crippen LogP contribution in [0.4, 0.5) is 0 Å². The van der Waals surface area contributed by atoms with Crippen LogP contribution in [0.5, 0.6) is 0 Å². The number of nitrogens with zero attached hydrogens (tertiary/aromatic N) is 1. The number of carbonyl (C=O) groups excluding carboxylic acids is 2. The average Bonchev–Trinajstić information content (AvgIpc) is 2.56. The summed E-state index contributed by atoms with van der Waals surface area (Å²) in [7, 11) is 0. The third-order valence-electron chi connectivity index (χ3n) is 4.50. The average molecular weight is 317 g/mol. The minimum atomic E-state index is 0.169. The predicted octanol–water partition coefficient (Wildman–Crippen LogP) is 2.73. The molecule has 0 radical (unpaired) electrons. The van der Waals surface area contributed by atoms with Crippen molar-refractivity contribution in [3.05, 3.63) is 35.9 Å². The lowest BCUT2D eigenvalue weighted by molar-refractivity contribution is -0.137. The molecule has 23 heavy (non-hydrogen) atoms. The fourth-order valence-electron chi connectivity index (χ4n) is 3.23. The van der Waals surface area contributed by atoms with Crippen molar-refractivity contribution < 1.29 is 14.7 Å². The maximum Gasteiger partial charge on any atom is 0.222 e. The quantitative estimate of drug-likeness (QED) is 0.713. The van der Waals surface area contributed by atoms with Crippen molar-refractivity contribution in [2.75, 3.05) is 13.2 Å². The van der Waals surface area contributed by atoms with Gasteiger partial charge in [-0.3, -0.25) is 9.59 Å². The van der Waals surface area contributed by atoms with E-state index in [0.717, 1.165) is 37.7 Å². The summed E-state index contributed by atoms with van der Waals surface area (Å²) in [6, 6.07) is 9.99. The van der Waals surface area contributed by atoms with Crippen LogP contribution in [0.2, 0.25) is 0 Å². The summed E-state index contributed by atoms with van der Waals surface area (Å²) in [4.78, 5) is 26.2. The highest BCUT2D eigenvalue weighted by atomic mass is 16.3. The van der Waals surface area contributed by atoms with Gasteiger partial charge in [0.1, 0.15) is 5.78 Å². The van der Waals surface area contributed by atoms with Crippen molar-refractivity contribution in [1.29, 1.82) is 0 Å². The normalized spacial score (nSPS) is 18.2. The molecule has 4 heteroatoms. The van der Waals surface area contributed by atoms with Crippen molar-refractivity contribution in [3.63, 3.8) is 0 Å². The van der Waals surface area contributed by atoms with Gasteiger partial charge in [0.2, 0.25) is 5.91 Å². The number of piperidine rings is 1. The summed E-state index contributed by atoms with van der Waals surface area (Å²) in [6.07, 6.45) is 5.86. The molecule has 0 aromatic heterocycles. The van der Waals surface area contributed by atoms with Crippen LogP contribution < -0.4 is 0 Å². The van der Waals surface area contributed by atoms with Gasteiger partial charge in [0, 0.05) is 38.5 Å². The predicted molar refractivity (Wildman–Crippen MR) is 90.1 cm³/mol. The van der Waals surface area contributed by atoms with E-state index in [1.165, 1.54) is 0 Å². The maximum atomic E-state index is 12.2. The minimum Gasteiger partial charge on any atom is -0.396 e. The zero-order valence-corrected chi connectivity index (χ0v) is 13.7. The van der Waals surface area contributed by atoms with Gasteiger partial charge in [-0.25, -0.2) is 0 Å². The molecule has 0 saturated carbocycles. The fourth-order valence-corrected chi connectivity index (χ4v) is 3.23. The number of aliphatic hydroxyl groups is 1. The molecule has 1 aromatic rings. The van der Waals surface area contributed by atoms with Gasteiger partial charge in [-0.1, -0.05) is 30.3 Å². The number of benzene rings is 1. The molecule has 1 atom stereocenters. The summed E-state index contributed by atoms with van der Waals surface area (Å²) < 4.78 is 0. The first-order valence-electron chi connectivity index (χ1n) is 8.66. The summed E-state index contributed by atoms with van der Waals surface area (Å²) >= 11 is 0. The Balaban J connectivity index is 1.81. The molecule has 0 unspecified atom stereocenters. The number of rotatable bonds is 9. The van der Waals surface area contributed by atoms with Gasteiger partial charge in [-0.05, 0) is 37.7 Å². The van der Waals surface area contributed by atoms with E-state index in [4.69, 9.17) is 5.11 Å². The Bertz CT molecular complexity index is 501. The molecule has 0 aliphatic carbocycles. The largest absolute Gasteiger partial charge is 0.396 e. The highest BCUT2D eigenvalue weighted by Crippen LogP contribution is 2.23. The lowest BCUT2D eigenvalue weighted by Crippen LogP contribution is -2.44. The second-order valence-corrected chi connectivity index (χ2v) is 6.30. The fraction of sp³-hybridized carbons (Fsp3) is 0.579. The van der Waals surface area contributed by atoms with Gasteiger partial charge >= 0.3 is 0 Å². The molecule has 1 N–H and O–H groups in total. The van der Waals surface area contributed by atoms with Crippen molar-refractivity contribution in [2.45, 2.75) is 57.4 Å². The lowest BCUT2D eigenvalue weighted by atomic mass is 9.95. The van der Waals surface area contributed by atoms with Gasteiger partial charge in [0.05, 0.1) is 0 Å². The Morgan fingerprint density at radius 1 is 1.22 bits per heavy atom. The molecule has 1 aliphatic heterocycles. The van der Waals surface area contributed by atoms with E-state index in [2.05, 4.69) is 0 Å². The molecule has 1 amide bonds. The van der Waals surface area contributed by atoms with Crippen LogP contribution in [-0.4, -0.2) is 40.9 Å². The Morgan fingerprint density at radius 2 is 2.00 bits per heavy atom. The molecular formula is C19H27NO3. The second kappa shape index (κ2) is 9.46. The first-order chi connectivity index (χ1) is 11.2. The van der Waals surface area contributed by atoms with E-state index < -0.39 is 0 Å². The van der Waals surface area contributed by atoms with Crippen molar-refractivity contribution in [2.24, 2.45) is 0 Å². The number of amides is 1. The third kappa shape index (κ3) is 5.79. The zero-order chi connectivity index (χ0) is 16.5. The number of hydrogen-bond donors (Lipinski definition) is 1. The number of aliphatic hydroxyl groups excluding tert-OH is 1. The number of Topliss-reactive ketones (excluding diaryl/α,β-unsaturated/α-hetero) is 1. The monoisotopic (exact) mass is 317 g/mol. The second-order valence-electron chi connectivity index (χ2n) is 6.30. The molecule has 1 saturated heterocycles. The van der Waals surface area contributed by atoms with E-state index in [0.29, 0.717) is 25.8 Å². The Hall–Kier alpha value is -1.68. The van der Waals surface area contributed by atoms with Crippen molar-refractivity contribution in [1.82, 2.24) is 4.90 Å². The van der Waals surface area contributed by atoms with Gasteiger partial charge in [-0.15, -0.1) is 0 Å². The van der Waals surface area contributed by atoms with Crippen LogP contribution in [-0.2, 0) is 16.0 Å². The molecule has 126 valence electrons. The smallest absolute Gasteiger partial charge is 0.222 e. The molecule has 1 aromatic carbocycles. The molecule has 1 fully saturated rings. The lowest BCUT2D eigenvalue weighted by Gasteiger charge is -2.35. The van der Waals surface area contributed by atoms with Gasteiger partial charge in [-0.2, -0.15) is 0 Å². The summed E-state index contributed by atoms with van der Waals surface area (Å²) in [5, 5.41) is 8.90. The Labute approximate surface area is 138 Å². The number of ketones is 1. The highest BCUT2D eigenvalue weighted by molar-refractivity contribution is 5.81. The van der Waals surface area contributed by atoms with Gasteiger partial charge in [0.25, 0.3) is 0 Å². The molecule has 0 bridgehead atoms. The molecule has 2 rings (SSSR count). The molecular weight excluding hydrogens is 290 g/mol. The van der Waals surface area contributed by atoms with Gasteiger partial charge < -0.3 is 10.0 Å². The minimum absolute atomic E-state index is 0.169. The number of carbonyl (C=O) groups is 2. The third-order valence-corrected chi connectivity index (χ3v) is 4.50. The van der Waals surface area contributed by atoms with Crippen LogP contribution >= 0.6 is 0 Å². The van der Waals surface area contributed by atoms with Crippen molar-refractivity contribution >= 4 is 11.7 Å². The Kier molecular flexibility index (Phi) is 7.27. The number of unbranched alkanes of at least 4 members (excludes halogenated alkanes) is 1. The van der Waals surface area contributed by atoms with Crippen LogP contribution in [0.25, 0.3) is 0 Å². The van der Waals surface area contributed by atoms with Crippen molar-refractivity contribution in [3.8, 4) is 0 Å². The summed E-state index contributed by atoms with van der Waals surface area (Å²) in [5.41, 5.74) is 1.05. The number of hydrogen-bond acceptors (Lipinski definition) is 3. The van der Waals surface area contributed by atoms with Crippen LogP contribution in [0, 0.1) is 0 Å². The van der Waals surface area contributed by atoms with Crippen LogP contribution in [0.3, 0.4) is 0 Å². The standard InChI is InChI=1S/C19H27NO3/c21-14-5-4-13-20-17(9-6-10-19(20)23)11-12-18(22)15-16-7-2-1-3-8-16/h1-3,7-8,17,21H,4-6,9-15H2/t17-/m1/s1. The maximum absolute atomic E-state index is 12.2. The molecule has 0 spiro atoms. The summed E-state index contributed by atoms with van der Waals surface area (Å²) in [6.45, 7) is 0.874. The first-order valence-corrected chi connectivity index (χ1v) is 8.66.